The first-order valence-electron chi connectivity index (χ1n) is 9.33. The lowest BCUT2D eigenvalue weighted by Gasteiger charge is -2.10. The van der Waals surface area contributed by atoms with E-state index in [0.717, 1.165) is 11.1 Å². The highest BCUT2D eigenvalue weighted by molar-refractivity contribution is 6.03. The molecule has 0 unspecified atom stereocenters. The van der Waals surface area contributed by atoms with Gasteiger partial charge in [0.1, 0.15) is 0 Å². The number of carbonyl (C=O) groups excluding carboxylic acids is 3. The molecular formula is C24H21NO4. The van der Waals surface area contributed by atoms with Gasteiger partial charge in [-0.15, -0.1) is 0 Å². The van der Waals surface area contributed by atoms with Crippen molar-refractivity contribution in [3.8, 4) is 11.1 Å². The number of carbonyl (C=O) groups is 3. The molecular weight excluding hydrogens is 366 g/mol. The first-order chi connectivity index (χ1) is 14.1. The van der Waals surface area contributed by atoms with Crippen LogP contribution in [0.15, 0.2) is 78.9 Å². The van der Waals surface area contributed by atoms with Crippen molar-refractivity contribution in [2.75, 3.05) is 11.9 Å². The van der Waals surface area contributed by atoms with Crippen LogP contribution in [0.1, 0.15) is 34.1 Å². The molecule has 3 aromatic carbocycles. The third kappa shape index (κ3) is 5.17. The Labute approximate surface area is 169 Å². The zero-order valence-electron chi connectivity index (χ0n) is 16.1. The number of rotatable bonds is 7. The third-order valence-corrected chi connectivity index (χ3v) is 4.39. The van der Waals surface area contributed by atoms with Gasteiger partial charge in [-0.1, -0.05) is 73.7 Å². The van der Waals surface area contributed by atoms with Gasteiger partial charge in [-0.05, 0) is 23.3 Å². The topological polar surface area (TPSA) is 72.5 Å². The molecule has 0 aliphatic rings. The number of ketones is 1. The Bertz CT molecular complexity index is 1010. The first-order valence-corrected chi connectivity index (χ1v) is 9.33. The highest BCUT2D eigenvalue weighted by Gasteiger charge is 2.16. The lowest BCUT2D eigenvalue weighted by Crippen LogP contribution is -2.17. The average molecular weight is 387 g/mol. The highest BCUT2D eigenvalue weighted by Crippen LogP contribution is 2.20. The molecule has 0 radical (unpaired) electrons. The normalized spacial score (nSPS) is 10.2. The van der Waals surface area contributed by atoms with E-state index in [1.807, 2.05) is 42.5 Å². The molecule has 0 saturated carbocycles. The molecule has 5 heteroatoms. The molecule has 0 saturated heterocycles. The molecule has 29 heavy (non-hydrogen) atoms. The Balaban J connectivity index is 1.64. The predicted molar refractivity (Wildman–Crippen MR) is 112 cm³/mol. The van der Waals surface area contributed by atoms with Gasteiger partial charge >= 0.3 is 5.97 Å². The van der Waals surface area contributed by atoms with Gasteiger partial charge in [0.05, 0.1) is 11.3 Å². The van der Waals surface area contributed by atoms with Crippen LogP contribution in [-0.2, 0) is 9.53 Å². The van der Waals surface area contributed by atoms with E-state index in [4.69, 9.17) is 4.74 Å². The molecule has 0 atom stereocenters. The van der Waals surface area contributed by atoms with Crippen molar-refractivity contribution in [2.24, 2.45) is 0 Å². The van der Waals surface area contributed by atoms with Gasteiger partial charge in [-0.25, -0.2) is 4.79 Å². The third-order valence-electron chi connectivity index (χ3n) is 4.39. The molecule has 0 fully saturated rings. The fraction of sp³-hybridized carbons (Fsp3) is 0.125. The summed E-state index contributed by atoms with van der Waals surface area (Å²) in [7, 11) is 0. The summed E-state index contributed by atoms with van der Waals surface area (Å²) >= 11 is 0. The van der Waals surface area contributed by atoms with Crippen molar-refractivity contribution in [2.45, 2.75) is 13.3 Å². The number of benzene rings is 3. The molecule has 3 rings (SSSR count). The number of amides is 1. The largest absolute Gasteiger partial charge is 0.454 e. The van der Waals surface area contributed by atoms with E-state index in [9.17, 15) is 14.4 Å². The van der Waals surface area contributed by atoms with E-state index < -0.39 is 5.97 Å². The van der Waals surface area contributed by atoms with E-state index >= 15 is 0 Å². The molecule has 0 aliphatic heterocycles. The second-order valence-corrected chi connectivity index (χ2v) is 6.39. The number of ether oxygens (including phenoxy) is 1. The first kappa shape index (κ1) is 20.0. The van der Waals surface area contributed by atoms with Gasteiger partial charge in [-0.2, -0.15) is 0 Å². The van der Waals surface area contributed by atoms with E-state index in [-0.39, 0.29) is 23.9 Å². The molecule has 0 aromatic heterocycles. The lowest BCUT2D eigenvalue weighted by molar-refractivity contribution is -0.115. The molecule has 0 spiro atoms. The van der Waals surface area contributed by atoms with Gasteiger partial charge < -0.3 is 10.1 Å². The van der Waals surface area contributed by atoms with E-state index in [2.05, 4.69) is 5.32 Å². The quantitative estimate of drug-likeness (QED) is 0.469. The van der Waals surface area contributed by atoms with Crippen LogP contribution < -0.4 is 5.32 Å². The standard InChI is InChI=1S/C24H21NO4/c1-2-23(27)25-21-11-7-6-10-20(21)24(28)29-16-22(26)19-14-12-18(13-15-19)17-8-4-3-5-9-17/h3-15H,2,16H2,1H3,(H,25,27). The molecule has 1 amide bonds. The Morgan fingerprint density at radius 3 is 2.10 bits per heavy atom. The van der Waals surface area contributed by atoms with Crippen molar-refractivity contribution >= 4 is 23.3 Å². The van der Waals surface area contributed by atoms with Crippen LogP contribution in [0.5, 0.6) is 0 Å². The summed E-state index contributed by atoms with van der Waals surface area (Å²) in [6.45, 7) is 1.34. The van der Waals surface area contributed by atoms with Crippen molar-refractivity contribution in [1.82, 2.24) is 0 Å². The minimum absolute atomic E-state index is 0.208. The number of Topliss-reactive ketones (excluding diaryl/α,β-unsaturated/α-hetero) is 1. The zero-order chi connectivity index (χ0) is 20.6. The number of nitrogens with one attached hydrogen (secondary N) is 1. The summed E-state index contributed by atoms with van der Waals surface area (Å²) in [5, 5.41) is 2.66. The molecule has 3 aromatic rings. The summed E-state index contributed by atoms with van der Waals surface area (Å²) in [5.74, 6) is -1.17. The fourth-order valence-corrected chi connectivity index (χ4v) is 2.78. The smallest absolute Gasteiger partial charge is 0.340 e. The summed E-state index contributed by atoms with van der Waals surface area (Å²) in [6.07, 6.45) is 0.293. The maximum atomic E-state index is 12.4. The van der Waals surface area contributed by atoms with Crippen molar-refractivity contribution in [3.63, 3.8) is 0 Å². The summed E-state index contributed by atoms with van der Waals surface area (Å²) < 4.78 is 5.18. The summed E-state index contributed by atoms with van der Waals surface area (Å²) in [6, 6.07) is 23.5. The summed E-state index contributed by atoms with van der Waals surface area (Å²) in [5.41, 5.74) is 3.10. The maximum Gasteiger partial charge on any atom is 0.340 e. The van der Waals surface area contributed by atoms with Gasteiger partial charge in [0, 0.05) is 12.0 Å². The van der Waals surface area contributed by atoms with Gasteiger partial charge in [0.25, 0.3) is 0 Å². The number of esters is 1. The second-order valence-electron chi connectivity index (χ2n) is 6.39. The van der Waals surface area contributed by atoms with Crippen LogP contribution >= 0.6 is 0 Å². The molecule has 0 bridgehead atoms. The fourth-order valence-electron chi connectivity index (χ4n) is 2.78. The SMILES string of the molecule is CCC(=O)Nc1ccccc1C(=O)OCC(=O)c1ccc(-c2ccccc2)cc1. The molecule has 1 N–H and O–H groups in total. The number of anilines is 1. The Morgan fingerprint density at radius 1 is 0.793 bits per heavy atom. The van der Waals surface area contributed by atoms with Crippen molar-refractivity contribution in [3.05, 3.63) is 90.0 Å². The molecule has 0 aliphatic carbocycles. The predicted octanol–water partition coefficient (Wildman–Crippen LogP) is 4.74. The van der Waals surface area contributed by atoms with Gasteiger partial charge in [0.2, 0.25) is 5.91 Å². The van der Waals surface area contributed by atoms with Crippen LogP contribution in [0.2, 0.25) is 0 Å². The highest BCUT2D eigenvalue weighted by atomic mass is 16.5. The minimum Gasteiger partial charge on any atom is -0.454 e. The number of para-hydroxylation sites is 1. The van der Waals surface area contributed by atoms with Crippen LogP contribution in [-0.4, -0.2) is 24.3 Å². The zero-order valence-corrected chi connectivity index (χ0v) is 16.1. The van der Waals surface area contributed by atoms with E-state index in [1.54, 1.807) is 43.3 Å². The van der Waals surface area contributed by atoms with Crippen LogP contribution in [0, 0.1) is 0 Å². The number of hydrogen-bond donors (Lipinski definition) is 1. The van der Waals surface area contributed by atoms with Crippen LogP contribution in [0.25, 0.3) is 11.1 Å². The Hall–Kier alpha value is -3.73. The van der Waals surface area contributed by atoms with Crippen molar-refractivity contribution < 1.29 is 19.1 Å². The van der Waals surface area contributed by atoms with Crippen LogP contribution in [0.4, 0.5) is 5.69 Å². The molecule has 146 valence electrons. The second kappa shape index (κ2) is 9.46. The van der Waals surface area contributed by atoms with Crippen LogP contribution in [0.3, 0.4) is 0 Å². The van der Waals surface area contributed by atoms with E-state index in [0.29, 0.717) is 17.7 Å². The molecule has 0 heterocycles. The lowest BCUT2D eigenvalue weighted by atomic mass is 10.0. The van der Waals surface area contributed by atoms with Gasteiger partial charge in [0.15, 0.2) is 12.4 Å². The monoisotopic (exact) mass is 387 g/mol. The number of hydrogen-bond acceptors (Lipinski definition) is 4. The maximum absolute atomic E-state index is 12.4. The van der Waals surface area contributed by atoms with Crippen molar-refractivity contribution in [1.29, 1.82) is 0 Å². The average Bonchev–Trinajstić information content (AvgIpc) is 2.78. The Morgan fingerprint density at radius 2 is 1.41 bits per heavy atom. The van der Waals surface area contributed by atoms with E-state index in [1.165, 1.54) is 0 Å². The Kier molecular flexibility index (Phi) is 6.53. The molecule has 5 nitrogen and oxygen atoms in total. The van der Waals surface area contributed by atoms with Gasteiger partial charge in [-0.3, -0.25) is 9.59 Å². The minimum atomic E-state index is -0.661. The summed E-state index contributed by atoms with van der Waals surface area (Å²) in [4.78, 5) is 36.4.